The highest BCUT2D eigenvalue weighted by Crippen LogP contribution is 2.09. The molecule has 6 nitrogen and oxygen atoms in total. The highest BCUT2D eigenvalue weighted by atomic mass is 32.2. The van der Waals surface area contributed by atoms with Crippen LogP contribution in [-0.2, 0) is 22.3 Å². The van der Waals surface area contributed by atoms with Gasteiger partial charge < -0.3 is 10.6 Å². The van der Waals surface area contributed by atoms with Crippen molar-refractivity contribution in [1.82, 2.24) is 15.4 Å². The Morgan fingerprint density at radius 2 is 1.95 bits per heavy atom. The monoisotopic (exact) mass is 326 g/mol. The SMILES string of the molecule is CCNC(=NCc1cccc(CS(=O)(=O)NC)c1)NC(C)C. The van der Waals surface area contributed by atoms with Crippen LogP contribution in [0.3, 0.4) is 0 Å². The van der Waals surface area contributed by atoms with E-state index in [4.69, 9.17) is 0 Å². The van der Waals surface area contributed by atoms with E-state index in [1.54, 1.807) is 6.07 Å². The summed E-state index contributed by atoms with van der Waals surface area (Å²) in [5.41, 5.74) is 1.73. The van der Waals surface area contributed by atoms with Gasteiger partial charge in [0.15, 0.2) is 5.96 Å². The third-order valence-corrected chi connectivity index (χ3v) is 4.18. The van der Waals surface area contributed by atoms with E-state index in [0.29, 0.717) is 12.6 Å². The van der Waals surface area contributed by atoms with E-state index in [2.05, 4.69) is 34.2 Å². The fourth-order valence-electron chi connectivity index (χ4n) is 1.87. The van der Waals surface area contributed by atoms with Gasteiger partial charge in [-0.05, 0) is 38.9 Å². The number of rotatable bonds is 7. The van der Waals surface area contributed by atoms with Crippen LogP contribution in [0.1, 0.15) is 31.9 Å². The standard InChI is InChI=1S/C15H26N4O2S/c1-5-17-15(19-12(2)3)18-10-13-7-6-8-14(9-13)11-22(20,21)16-4/h6-9,12,16H,5,10-11H2,1-4H3,(H2,17,18,19). The minimum absolute atomic E-state index is 0.0225. The highest BCUT2D eigenvalue weighted by Gasteiger charge is 2.08. The molecule has 0 aliphatic rings. The molecule has 0 atom stereocenters. The molecule has 0 aromatic heterocycles. The number of aliphatic imine (C=N–C) groups is 1. The molecule has 0 aliphatic heterocycles. The summed E-state index contributed by atoms with van der Waals surface area (Å²) < 4.78 is 25.5. The number of hydrogen-bond donors (Lipinski definition) is 3. The summed E-state index contributed by atoms with van der Waals surface area (Å²) >= 11 is 0. The molecule has 0 radical (unpaired) electrons. The summed E-state index contributed by atoms with van der Waals surface area (Å²) in [7, 11) is -1.84. The third kappa shape index (κ3) is 6.91. The van der Waals surface area contributed by atoms with E-state index >= 15 is 0 Å². The van der Waals surface area contributed by atoms with Crippen molar-refractivity contribution in [3.05, 3.63) is 35.4 Å². The molecule has 7 heteroatoms. The zero-order chi connectivity index (χ0) is 16.6. The van der Waals surface area contributed by atoms with Crippen LogP contribution in [0.25, 0.3) is 0 Å². The normalized spacial score (nSPS) is 12.5. The molecule has 0 aliphatic carbocycles. The van der Waals surface area contributed by atoms with Crippen molar-refractivity contribution in [1.29, 1.82) is 0 Å². The van der Waals surface area contributed by atoms with Gasteiger partial charge >= 0.3 is 0 Å². The molecule has 0 unspecified atom stereocenters. The second-order valence-corrected chi connectivity index (χ2v) is 7.20. The fraction of sp³-hybridized carbons (Fsp3) is 0.533. The van der Waals surface area contributed by atoms with Crippen molar-refractivity contribution in [3.8, 4) is 0 Å². The number of benzene rings is 1. The molecule has 0 spiro atoms. The summed E-state index contributed by atoms with van der Waals surface area (Å²) in [6, 6.07) is 7.77. The highest BCUT2D eigenvalue weighted by molar-refractivity contribution is 7.88. The molecule has 0 saturated carbocycles. The smallest absolute Gasteiger partial charge is 0.215 e. The molecule has 0 heterocycles. The lowest BCUT2D eigenvalue weighted by atomic mass is 10.1. The van der Waals surface area contributed by atoms with Crippen molar-refractivity contribution < 1.29 is 8.42 Å². The van der Waals surface area contributed by atoms with Crippen LogP contribution in [0.15, 0.2) is 29.3 Å². The van der Waals surface area contributed by atoms with Gasteiger partial charge in [-0.1, -0.05) is 24.3 Å². The lowest BCUT2D eigenvalue weighted by Crippen LogP contribution is -2.41. The Balaban J connectivity index is 2.80. The molecule has 0 amide bonds. The molecule has 1 aromatic rings. The van der Waals surface area contributed by atoms with E-state index in [1.807, 2.05) is 25.1 Å². The minimum atomic E-state index is -3.26. The predicted molar refractivity (Wildman–Crippen MR) is 91.2 cm³/mol. The number of guanidine groups is 1. The number of nitrogens with zero attached hydrogens (tertiary/aromatic N) is 1. The van der Waals surface area contributed by atoms with Crippen molar-refractivity contribution in [2.24, 2.45) is 4.99 Å². The quantitative estimate of drug-likeness (QED) is 0.519. The summed E-state index contributed by atoms with van der Waals surface area (Å²) in [6.45, 7) is 7.40. The minimum Gasteiger partial charge on any atom is -0.357 e. The van der Waals surface area contributed by atoms with Crippen LogP contribution >= 0.6 is 0 Å². The van der Waals surface area contributed by atoms with E-state index in [0.717, 1.165) is 23.6 Å². The molecule has 3 N–H and O–H groups in total. The van der Waals surface area contributed by atoms with Crippen molar-refractivity contribution in [3.63, 3.8) is 0 Å². The summed E-state index contributed by atoms with van der Waals surface area (Å²) in [4.78, 5) is 4.51. The first-order valence-electron chi connectivity index (χ1n) is 7.40. The largest absolute Gasteiger partial charge is 0.357 e. The van der Waals surface area contributed by atoms with Gasteiger partial charge in [-0.15, -0.1) is 0 Å². The van der Waals surface area contributed by atoms with Crippen LogP contribution in [0.2, 0.25) is 0 Å². The van der Waals surface area contributed by atoms with E-state index in [-0.39, 0.29) is 5.75 Å². The molecule has 0 fully saturated rings. The van der Waals surface area contributed by atoms with Gasteiger partial charge in [0.05, 0.1) is 12.3 Å². The Kier molecular flexibility index (Phi) is 7.34. The molecule has 124 valence electrons. The summed E-state index contributed by atoms with van der Waals surface area (Å²) in [5.74, 6) is 0.733. The van der Waals surface area contributed by atoms with Crippen LogP contribution in [-0.4, -0.2) is 34.0 Å². The second kappa shape index (κ2) is 8.75. The first-order chi connectivity index (χ1) is 10.4. The zero-order valence-corrected chi connectivity index (χ0v) is 14.5. The van der Waals surface area contributed by atoms with Gasteiger partial charge in [-0.2, -0.15) is 0 Å². The maximum atomic E-state index is 11.6. The van der Waals surface area contributed by atoms with Gasteiger partial charge in [0, 0.05) is 12.6 Å². The Labute approximate surface area is 133 Å². The maximum absolute atomic E-state index is 11.6. The van der Waals surface area contributed by atoms with E-state index in [9.17, 15) is 8.42 Å². The Hall–Kier alpha value is -1.60. The number of hydrogen-bond acceptors (Lipinski definition) is 3. The Morgan fingerprint density at radius 1 is 1.27 bits per heavy atom. The number of nitrogens with one attached hydrogen (secondary N) is 3. The van der Waals surface area contributed by atoms with Crippen LogP contribution in [0.5, 0.6) is 0 Å². The van der Waals surface area contributed by atoms with Crippen molar-refractivity contribution in [2.75, 3.05) is 13.6 Å². The van der Waals surface area contributed by atoms with Gasteiger partial charge in [-0.25, -0.2) is 18.1 Å². The van der Waals surface area contributed by atoms with Gasteiger partial charge in [0.25, 0.3) is 0 Å². The Bertz CT molecular complexity index is 597. The van der Waals surface area contributed by atoms with E-state index < -0.39 is 10.0 Å². The number of sulfonamides is 1. The van der Waals surface area contributed by atoms with Crippen molar-refractivity contribution >= 4 is 16.0 Å². The van der Waals surface area contributed by atoms with Gasteiger partial charge in [0.2, 0.25) is 10.0 Å². The molecule has 1 rings (SSSR count). The summed E-state index contributed by atoms with van der Waals surface area (Å²) in [5, 5.41) is 6.43. The Morgan fingerprint density at radius 3 is 2.55 bits per heavy atom. The van der Waals surface area contributed by atoms with Crippen LogP contribution in [0, 0.1) is 0 Å². The lowest BCUT2D eigenvalue weighted by Gasteiger charge is -2.14. The lowest BCUT2D eigenvalue weighted by molar-refractivity contribution is 0.587. The summed E-state index contributed by atoms with van der Waals surface area (Å²) in [6.07, 6.45) is 0. The van der Waals surface area contributed by atoms with Gasteiger partial charge in [-0.3, -0.25) is 0 Å². The van der Waals surface area contributed by atoms with Crippen LogP contribution < -0.4 is 15.4 Å². The predicted octanol–water partition coefficient (Wildman–Crippen LogP) is 1.20. The average molecular weight is 326 g/mol. The third-order valence-electron chi connectivity index (χ3n) is 2.85. The molecular weight excluding hydrogens is 300 g/mol. The second-order valence-electron chi connectivity index (χ2n) is 5.28. The molecule has 0 bridgehead atoms. The van der Waals surface area contributed by atoms with Crippen molar-refractivity contribution in [2.45, 2.75) is 39.1 Å². The first-order valence-corrected chi connectivity index (χ1v) is 9.05. The maximum Gasteiger partial charge on any atom is 0.215 e. The topological polar surface area (TPSA) is 82.6 Å². The van der Waals surface area contributed by atoms with Gasteiger partial charge in [0.1, 0.15) is 0 Å². The fourth-order valence-corrected chi connectivity index (χ4v) is 2.64. The molecule has 1 aromatic carbocycles. The average Bonchev–Trinajstić information content (AvgIpc) is 2.44. The van der Waals surface area contributed by atoms with E-state index in [1.165, 1.54) is 7.05 Å². The first kappa shape index (κ1) is 18.4. The van der Waals surface area contributed by atoms with Crippen LogP contribution in [0.4, 0.5) is 0 Å². The zero-order valence-electron chi connectivity index (χ0n) is 13.7. The molecular formula is C15H26N4O2S. The molecule has 22 heavy (non-hydrogen) atoms. The molecule has 0 saturated heterocycles.